The highest BCUT2D eigenvalue weighted by Crippen LogP contribution is 2.15. The quantitative estimate of drug-likeness (QED) is 0.0308. The number of likely N-dealkylation sites (N-methyl/N-ethyl adjacent to an activating group) is 1. The Hall–Kier alpha value is -7.50. The molecular weight excluding hydrogens is 1190 g/mol. The van der Waals surface area contributed by atoms with Crippen molar-refractivity contribution in [3.05, 3.63) is 35.4 Å². The van der Waals surface area contributed by atoms with Gasteiger partial charge in [0.05, 0.1) is 45.3 Å². The minimum atomic E-state index is -1.38. The maximum absolute atomic E-state index is 14.0. The van der Waals surface area contributed by atoms with Crippen LogP contribution in [0.1, 0.15) is 63.5 Å². The molecule has 4 atom stereocenters. The summed E-state index contributed by atoms with van der Waals surface area (Å²) < 4.78 is 0. The van der Waals surface area contributed by atoms with E-state index in [9.17, 15) is 98.4 Å². The van der Waals surface area contributed by atoms with Gasteiger partial charge in [0.1, 0.15) is 18.1 Å². The Morgan fingerprint density at radius 2 is 0.689 bits per heavy atom. The van der Waals surface area contributed by atoms with Crippen LogP contribution >= 0.6 is 0 Å². The van der Waals surface area contributed by atoms with E-state index < -0.39 is 123 Å². The number of nitrogens with zero attached hydrogens (tertiary/aromatic N) is 8. The molecule has 3 rings (SSSR count). The smallest absolute Gasteiger partial charge is 0.320 e. The fourth-order valence-electron chi connectivity index (χ4n) is 10.5. The second-order valence-corrected chi connectivity index (χ2v) is 22.9. The molecule has 13 N–H and O–H groups in total. The van der Waals surface area contributed by atoms with Crippen LogP contribution < -0.4 is 26.6 Å². The summed E-state index contributed by atoms with van der Waals surface area (Å²) in [5.74, 6) is -11.7. The van der Waals surface area contributed by atoms with E-state index >= 15 is 0 Å². The monoisotopic (exact) mass is 1280 g/mol. The minimum absolute atomic E-state index is 0.00132. The summed E-state index contributed by atoms with van der Waals surface area (Å²) in [6.07, 6.45) is -1.03. The minimum Gasteiger partial charge on any atom is -0.480 e. The van der Waals surface area contributed by atoms with Crippen LogP contribution in [0.2, 0.25) is 0 Å². The number of hydrogen-bond acceptors (Lipinski definition) is 21. The summed E-state index contributed by atoms with van der Waals surface area (Å²) in [5, 5.41) is 92.8. The van der Waals surface area contributed by atoms with Crippen LogP contribution in [-0.2, 0) is 70.6 Å². The van der Waals surface area contributed by atoms with Crippen molar-refractivity contribution in [3.8, 4) is 0 Å². The highest BCUT2D eigenvalue weighted by atomic mass is 16.4. The van der Waals surface area contributed by atoms with Crippen molar-refractivity contribution < 1.29 is 98.4 Å². The van der Waals surface area contributed by atoms with Gasteiger partial charge in [0.25, 0.3) is 0 Å². The Morgan fingerprint density at radius 1 is 0.400 bits per heavy atom. The standard InChI is InChI=1S/C57H93N13O20/c1-39(2)30-43(58-3)55(86)61-32-41-6-4-40(5-7-41)31-60-54(85)42(62-47(72)11-9-45(57(89)90)70-28-24-67(37-52(81)82)20-16-64(34-49(75)76)17-21-68(25-29-70)38-53(83)84)12-13-59-46(71)10-8-44(56(87)88)69-26-22-65(35-50(77)78)18-14-63(33-48(73)74)15-19-66(23-27-69)36-51(79)80/h4-7,39,42-45,58H,8-38H2,1-3H3,(H,59,71)(H,60,85)(H,61,86)(H,62,72)(H,73,74)(H,75,76)(H,77,78)(H,79,80)(H,81,82)(H,83,84)(H,87,88)(H,89,90)/t42-,43-,44?,45?/m0/s1. The first-order valence-corrected chi connectivity index (χ1v) is 30.1. The Morgan fingerprint density at radius 3 is 0.967 bits per heavy atom. The number of hydrogen-bond donors (Lipinski definition) is 13. The summed E-state index contributed by atoms with van der Waals surface area (Å²) in [5.41, 5.74) is 1.41. The highest BCUT2D eigenvalue weighted by molar-refractivity contribution is 5.88. The van der Waals surface area contributed by atoms with Gasteiger partial charge in [-0.05, 0) is 49.8 Å². The number of nitrogens with one attached hydrogen (secondary N) is 5. The van der Waals surface area contributed by atoms with E-state index in [1.54, 1.807) is 41.1 Å². The number of carboxylic acid groups (broad SMARTS) is 8. The zero-order valence-corrected chi connectivity index (χ0v) is 51.7. The predicted molar refractivity (Wildman–Crippen MR) is 321 cm³/mol. The van der Waals surface area contributed by atoms with Crippen molar-refractivity contribution in [3.63, 3.8) is 0 Å². The van der Waals surface area contributed by atoms with Crippen molar-refractivity contribution >= 4 is 71.4 Å². The number of aliphatic carboxylic acids is 8. The van der Waals surface area contributed by atoms with Gasteiger partial charge in [-0.25, -0.2) is 0 Å². The zero-order chi connectivity index (χ0) is 66.9. The van der Waals surface area contributed by atoms with Gasteiger partial charge < -0.3 is 67.4 Å². The zero-order valence-electron chi connectivity index (χ0n) is 51.7. The lowest BCUT2D eigenvalue weighted by Crippen LogP contribution is -2.52. The van der Waals surface area contributed by atoms with Crippen LogP contribution in [0.25, 0.3) is 0 Å². The SMILES string of the molecule is CN[C@@H](CC(C)C)C(=O)NCc1ccc(CNC(=O)[C@H](CCNC(=O)CCC(C(=O)O)N2CCN(CC(=O)O)CCN(CC(=O)O)CCN(CC(=O)O)CC2)NC(=O)CCC(C(=O)O)N2CCN(CC(=O)O)CCN(CC(=O)O)CCN(CC(=O)O)CC2)cc1. The normalized spacial score (nSPS) is 18.0. The maximum Gasteiger partial charge on any atom is 0.320 e. The first-order chi connectivity index (χ1) is 42.6. The average Bonchev–Trinajstić information content (AvgIpc) is 2.11. The van der Waals surface area contributed by atoms with Crippen LogP contribution in [0.5, 0.6) is 0 Å². The largest absolute Gasteiger partial charge is 0.480 e. The molecule has 4 amide bonds. The molecule has 1 aromatic carbocycles. The van der Waals surface area contributed by atoms with Gasteiger partial charge in [-0.2, -0.15) is 0 Å². The first kappa shape index (κ1) is 76.7. The van der Waals surface area contributed by atoms with E-state index in [4.69, 9.17) is 0 Å². The van der Waals surface area contributed by atoms with Gasteiger partial charge in [-0.15, -0.1) is 0 Å². The molecule has 2 aliphatic heterocycles. The Bertz CT molecular complexity index is 2470. The van der Waals surface area contributed by atoms with Gasteiger partial charge >= 0.3 is 47.8 Å². The number of amides is 4. The van der Waals surface area contributed by atoms with Crippen LogP contribution in [0.4, 0.5) is 0 Å². The molecule has 2 aliphatic rings. The van der Waals surface area contributed by atoms with Crippen molar-refractivity contribution in [1.29, 1.82) is 0 Å². The molecule has 33 nitrogen and oxygen atoms in total. The van der Waals surface area contributed by atoms with Crippen LogP contribution in [0, 0.1) is 5.92 Å². The molecule has 2 saturated heterocycles. The fourth-order valence-corrected chi connectivity index (χ4v) is 10.5. The molecule has 0 aliphatic carbocycles. The molecule has 0 aromatic heterocycles. The first-order valence-electron chi connectivity index (χ1n) is 30.1. The summed E-state index contributed by atoms with van der Waals surface area (Å²) >= 11 is 0. The van der Waals surface area contributed by atoms with Gasteiger partial charge in [0.15, 0.2) is 0 Å². The van der Waals surface area contributed by atoms with Crippen LogP contribution in [-0.4, -0.2) is 333 Å². The lowest BCUT2D eigenvalue weighted by Gasteiger charge is -2.35. The summed E-state index contributed by atoms with van der Waals surface area (Å²) in [6, 6.07) is 2.57. The molecular formula is C57H93N13O20. The predicted octanol–water partition coefficient (Wildman–Crippen LogP) is -4.04. The Labute approximate surface area is 522 Å². The third kappa shape index (κ3) is 31.8. The third-order valence-corrected chi connectivity index (χ3v) is 15.4. The molecule has 0 spiro atoms. The Kier molecular flexibility index (Phi) is 35.0. The lowest BCUT2D eigenvalue weighted by atomic mass is 10.0. The molecule has 0 saturated carbocycles. The van der Waals surface area contributed by atoms with Crippen molar-refractivity contribution in [2.75, 3.05) is 158 Å². The molecule has 506 valence electrons. The Balaban J connectivity index is 1.84. The molecule has 2 heterocycles. The summed E-state index contributed by atoms with van der Waals surface area (Å²) in [7, 11) is 1.71. The average molecular weight is 1280 g/mol. The van der Waals surface area contributed by atoms with E-state index in [1.165, 1.54) is 29.4 Å². The molecule has 33 heteroatoms. The van der Waals surface area contributed by atoms with E-state index in [2.05, 4.69) is 26.6 Å². The van der Waals surface area contributed by atoms with Gasteiger partial charge in [-0.1, -0.05) is 38.1 Å². The van der Waals surface area contributed by atoms with Gasteiger partial charge in [0, 0.05) is 137 Å². The molecule has 90 heavy (non-hydrogen) atoms. The highest BCUT2D eigenvalue weighted by Gasteiger charge is 2.32. The maximum atomic E-state index is 14.0. The van der Waals surface area contributed by atoms with E-state index in [1.807, 2.05) is 13.8 Å². The lowest BCUT2D eigenvalue weighted by molar-refractivity contribution is -0.145. The van der Waals surface area contributed by atoms with Crippen molar-refractivity contribution in [2.24, 2.45) is 5.92 Å². The summed E-state index contributed by atoms with van der Waals surface area (Å²) in [4.78, 5) is 163. The van der Waals surface area contributed by atoms with E-state index in [0.29, 0.717) is 12.0 Å². The number of carbonyl (C=O) groups is 12. The summed E-state index contributed by atoms with van der Waals surface area (Å²) in [6.45, 7) is 2.03. The van der Waals surface area contributed by atoms with Crippen LogP contribution in [0.3, 0.4) is 0 Å². The molecule has 1 aromatic rings. The van der Waals surface area contributed by atoms with Crippen LogP contribution in [0.15, 0.2) is 24.3 Å². The molecule has 2 fully saturated rings. The topological polar surface area (TPSA) is 453 Å². The number of rotatable bonds is 35. The molecule has 0 bridgehead atoms. The molecule has 0 radical (unpaired) electrons. The number of benzene rings is 1. The van der Waals surface area contributed by atoms with Gasteiger partial charge in [-0.3, -0.25) is 96.7 Å². The van der Waals surface area contributed by atoms with E-state index in [-0.39, 0.29) is 174 Å². The number of carboxylic acids is 8. The van der Waals surface area contributed by atoms with Crippen molar-refractivity contribution in [1.82, 2.24) is 65.8 Å². The van der Waals surface area contributed by atoms with Crippen molar-refractivity contribution in [2.45, 2.75) is 89.6 Å². The second-order valence-electron chi connectivity index (χ2n) is 22.9. The fraction of sp³-hybridized carbons (Fsp3) is 0.684. The molecule has 2 unspecified atom stereocenters. The second kappa shape index (κ2) is 41.0. The van der Waals surface area contributed by atoms with E-state index in [0.717, 1.165) is 5.56 Å². The van der Waals surface area contributed by atoms with Gasteiger partial charge in [0.2, 0.25) is 23.6 Å². The number of carbonyl (C=O) groups excluding carboxylic acids is 4. The third-order valence-electron chi connectivity index (χ3n) is 15.4.